The number of hydrogen-bond acceptors (Lipinski definition) is 5. The predicted octanol–water partition coefficient (Wildman–Crippen LogP) is 5.90. The average Bonchev–Trinajstić information content (AvgIpc) is 3.55. The van der Waals surface area contributed by atoms with E-state index >= 15 is 0 Å². The molecule has 3 fully saturated rings. The molecular formula is C35H43N3O2S. The first-order chi connectivity index (χ1) is 20.0. The summed E-state index contributed by atoms with van der Waals surface area (Å²) in [6.45, 7) is 6.78. The molecule has 1 aliphatic carbocycles. The third kappa shape index (κ3) is 5.02. The van der Waals surface area contributed by atoms with Crippen molar-refractivity contribution < 1.29 is 8.42 Å². The predicted molar refractivity (Wildman–Crippen MR) is 165 cm³/mol. The van der Waals surface area contributed by atoms with Gasteiger partial charge in [-0.25, -0.2) is 8.42 Å². The van der Waals surface area contributed by atoms with Crippen molar-refractivity contribution in [1.29, 1.82) is 0 Å². The summed E-state index contributed by atoms with van der Waals surface area (Å²) >= 11 is 0. The number of piperidine rings is 1. The van der Waals surface area contributed by atoms with E-state index in [1.807, 2.05) is 18.2 Å². The summed E-state index contributed by atoms with van der Waals surface area (Å²) < 4.78 is 25.9. The van der Waals surface area contributed by atoms with E-state index in [1.165, 1.54) is 58.2 Å². The van der Waals surface area contributed by atoms with Crippen LogP contribution in [0.4, 0.5) is 5.69 Å². The molecule has 0 spiro atoms. The summed E-state index contributed by atoms with van der Waals surface area (Å²) in [5.74, 6) is 2.17. The standard InChI is InChI=1S/C35H43N3O2S/c39-41(40,32-11-2-1-3-12-32)33-16-14-31(15-17-33)38-25-27(26-38)24-37-22-19-30(20-23-37)35(29-9-5-6-10-29)34-13-7-4-8-28(34)18-21-36-35/h1-4,7-8,11-17,27,29-30,36H,5-6,9-10,18-26H2. The lowest BCUT2D eigenvalue weighted by atomic mass is 9.63. The first-order valence-corrected chi connectivity index (χ1v) is 17.2. The summed E-state index contributed by atoms with van der Waals surface area (Å²) in [4.78, 5) is 5.80. The monoisotopic (exact) mass is 569 g/mol. The normalized spacial score (nSPS) is 24.7. The number of benzene rings is 3. The van der Waals surface area contributed by atoms with Crippen molar-refractivity contribution in [2.24, 2.45) is 17.8 Å². The van der Waals surface area contributed by atoms with Gasteiger partial charge in [-0.1, -0.05) is 55.3 Å². The van der Waals surface area contributed by atoms with Gasteiger partial charge in [-0.15, -0.1) is 0 Å². The lowest BCUT2D eigenvalue weighted by Crippen LogP contribution is -2.59. The number of anilines is 1. The third-order valence-electron chi connectivity index (χ3n) is 10.5. The molecule has 216 valence electrons. The van der Waals surface area contributed by atoms with Gasteiger partial charge in [0.25, 0.3) is 0 Å². The van der Waals surface area contributed by atoms with Crippen LogP contribution in [-0.4, -0.2) is 52.6 Å². The van der Waals surface area contributed by atoms with Gasteiger partial charge in [0.05, 0.1) is 9.79 Å². The molecule has 3 aromatic rings. The quantitative estimate of drug-likeness (QED) is 0.384. The number of sulfone groups is 1. The fourth-order valence-corrected chi connectivity index (χ4v) is 9.77. The van der Waals surface area contributed by atoms with Crippen LogP contribution in [-0.2, 0) is 21.8 Å². The molecule has 3 aliphatic heterocycles. The van der Waals surface area contributed by atoms with Crippen LogP contribution in [0.3, 0.4) is 0 Å². The van der Waals surface area contributed by atoms with Crippen LogP contribution in [0.25, 0.3) is 0 Å². The maximum absolute atomic E-state index is 12.9. The van der Waals surface area contributed by atoms with Crippen molar-refractivity contribution >= 4 is 15.5 Å². The van der Waals surface area contributed by atoms with Crippen LogP contribution >= 0.6 is 0 Å². The van der Waals surface area contributed by atoms with Crippen molar-refractivity contribution in [3.05, 3.63) is 90.0 Å². The number of rotatable bonds is 7. The Morgan fingerprint density at radius 2 is 1.39 bits per heavy atom. The van der Waals surface area contributed by atoms with Gasteiger partial charge in [0.1, 0.15) is 0 Å². The minimum absolute atomic E-state index is 0.171. The zero-order valence-corrected chi connectivity index (χ0v) is 24.9. The molecular weight excluding hydrogens is 526 g/mol. The second-order valence-corrected chi connectivity index (χ2v) is 14.8. The molecule has 3 heterocycles. The highest BCUT2D eigenvalue weighted by Gasteiger charge is 2.50. The Morgan fingerprint density at radius 1 is 0.756 bits per heavy atom. The maximum Gasteiger partial charge on any atom is 0.206 e. The summed E-state index contributed by atoms with van der Waals surface area (Å²) in [6, 6.07) is 25.5. The molecule has 1 atom stereocenters. The topological polar surface area (TPSA) is 52.7 Å². The van der Waals surface area contributed by atoms with Crippen LogP contribution in [0.15, 0.2) is 88.7 Å². The van der Waals surface area contributed by atoms with Gasteiger partial charge in [0.15, 0.2) is 0 Å². The van der Waals surface area contributed by atoms with Crippen LogP contribution in [0.1, 0.15) is 49.7 Å². The van der Waals surface area contributed by atoms with Crippen molar-refractivity contribution in [2.75, 3.05) is 44.2 Å². The number of fused-ring (bicyclic) bond motifs is 1. The second kappa shape index (κ2) is 11.2. The van der Waals surface area contributed by atoms with Gasteiger partial charge in [0, 0.05) is 43.3 Å². The summed E-state index contributed by atoms with van der Waals surface area (Å²) in [5, 5.41) is 4.16. The molecule has 4 aliphatic rings. The number of likely N-dealkylation sites (tertiary alicyclic amines) is 1. The Balaban J connectivity index is 0.954. The Morgan fingerprint density at radius 3 is 2.12 bits per heavy atom. The molecule has 0 bridgehead atoms. The molecule has 1 saturated carbocycles. The molecule has 5 nitrogen and oxygen atoms in total. The van der Waals surface area contributed by atoms with Crippen molar-refractivity contribution in [1.82, 2.24) is 10.2 Å². The Kier molecular flexibility index (Phi) is 7.42. The summed E-state index contributed by atoms with van der Waals surface area (Å²) in [5.41, 5.74) is 4.49. The first kappa shape index (κ1) is 27.2. The zero-order chi connectivity index (χ0) is 27.9. The van der Waals surface area contributed by atoms with E-state index in [2.05, 4.69) is 39.4 Å². The fourth-order valence-electron chi connectivity index (χ4n) is 8.49. The Hall–Kier alpha value is -2.67. The van der Waals surface area contributed by atoms with Gasteiger partial charge >= 0.3 is 0 Å². The van der Waals surface area contributed by atoms with Crippen LogP contribution < -0.4 is 10.2 Å². The van der Waals surface area contributed by atoms with E-state index in [0.717, 1.165) is 37.7 Å². The third-order valence-corrected chi connectivity index (χ3v) is 12.3. The van der Waals surface area contributed by atoms with Gasteiger partial charge < -0.3 is 15.1 Å². The number of hydrogen-bond donors (Lipinski definition) is 1. The Labute approximate surface area is 245 Å². The molecule has 1 unspecified atom stereocenters. The van der Waals surface area contributed by atoms with E-state index in [1.54, 1.807) is 47.5 Å². The van der Waals surface area contributed by atoms with Gasteiger partial charge in [-0.3, -0.25) is 0 Å². The van der Waals surface area contributed by atoms with Crippen molar-refractivity contribution in [2.45, 2.75) is 60.3 Å². The lowest BCUT2D eigenvalue weighted by molar-refractivity contribution is 0.0492. The van der Waals surface area contributed by atoms with Crippen LogP contribution in [0.5, 0.6) is 0 Å². The first-order valence-electron chi connectivity index (χ1n) is 15.7. The molecule has 41 heavy (non-hydrogen) atoms. The largest absolute Gasteiger partial charge is 0.371 e. The number of nitrogens with zero attached hydrogens (tertiary/aromatic N) is 2. The van der Waals surface area contributed by atoms with Gasteiger partial charge in [-0.2, -0.15) is 0 Å². The molecule has 0 aromatic heterocycles. The number of nitrogens with one attached hydrogen (secondary N) is 1. The van der Waals surface area contributed by atoms with E-state index < -0.39 is 9.84 Å². The fraction of sp³-hybridized carbons (Fsp3) is 0.486. The smallest absolute Gasteiger partial charge is 0.206 e. The van der Waals surface area contributed by atoms with Crippen molar-refractivity contribution in [3.63, 3.8) is 0 Å². The van der Waals surface area contributed by atoms with Crippen LogP contribution in [0, 0.1) is 17.8 Å². The zero-order valence-electron chi connectivity index (χ0n) is 24.0. The van der Waals surface area contributed by atoms with Gasteiger partial charge in [-0.05, 0) is 105 Å². The molecule has 7 rings (SSSR count). The highest BCUT2D eigenvalue weighted by atomic mass is 32.2. The van der Waals surface area contributed by atoms with E-state index in [0.29, 0.717) is 21.6 Å². The Bertz CT molecular complexity index is 1440. The minimum atomic E-state index is -3.47. The minimum Gasteiger partial charge on any atom is -0.371 e. The van der Waals surface area contributed by atoms with E-state index in [9.17, 15) is 8.42 Å². The lowest BCUT2D eigenvalue weighted by Gasteiger charge is -2.53. The van der Waals surface area contributed by atoms with Crippen LogP contribution in [0.2, 0.25) is 0 Å². The SMILES string of the molecule is O=S(=O)(c1ccccc1)c1ccc(N2CC(CN3CCC(C4(C5CCCC5)NCCc5ccccc54)CC3)C2)cc1. The maximum atomic E-state index is 12.9. The second-order valence-electron chi connectivity index (χ2n) is 12.8. The summed E-state index contributed by atoms with van der Waals surface area (Å²) in [7, 11) is -3.47. The van der Waals surface area contributed by atoms with E-state index in [4.69, 9.17) is 0 Å². The van der Waals surface area contributed by atoms with Crippen molar-refractivity contribution in [3.8, 4) is 0 Å². The van der Waals surface area contributed by atoms with Gasteiger partial charge in [0.2, 0.25) is 9.84 Å². The molecule has 2 saturated heterocycles. The highest BCUT2D eigenvalue weighted by molar-refractivity contribution is 7.91. The molecule has 0 radical (unpaired) electrons. The highest BCUT2D eigenvalue weighted by Crippen LogP contribution is 2.50. The molecule has 3 aromatic carbocycles. The van der Waals surface area contributed by atoms with E-state index in [-0.39, 0.29) is 5.54 Å². The molecule has 0 amide bonds. The summed E-state index contributed by atoms with van der Waals surface area (Å²) in [6.07, 6.45) is 9.25. The molecule has 6 heteroatoms. The average molecular weight is 570 g/mol. The molecule has 1 N–H and O–H groups in total.